The average Bonchev–Trinajstić information content (AvgIpc) is 2.81. The SMILES string of the molecule is CCOC1CCC(CS)(C(=O)N[C@@H](Cc2ccc(F)cc2)C(=O)Nc2ccccc2)CC1. The first kappa shape index (κ1) is 24.3. The normalized spacial score (nSPS) is 21.5. The summed E-state index contributed by atoms with van der Waals surface area (Å²) in [7, 11) is 0. The van der Waals surface area contributed by atoms with E-state index in [1.165, 1.54) is 12.1 Å². The van der Waals surface area contributed by atoms with Gasteiger partial charge in [-0.3, -0.25) is 9.59 Å². The Morgan fingerprint density at radius 1 is 1.12 bits per heavy atom. The minimum atomic E-state index is -0.797. The zero-order chi connectivity index (χ0) is 23.0. The molecule has 1 atom stereocenters. The summed E-state index contributed by atoms with van der Waals surface area (Å²) in [6.45, 7) is 2.63. The van der Waals surface area contributed by atoms with Crippen molar-refractivity contribution in [3.63, 3.8) is 0 Å². The van der Waals surface area contributed by atoms with Gasteiger partial charge in [-0.15, -0.1) is 0 Å². The van der Waals surface area contributed by atoms with Crippen molar-refractivity contribution in [2.24, 2.45) is 5.41 Å². The summed E-state index contributed by atoms with van der Waals surface area (Å²) < 4.78 is 19.1. The summed E-state index contributed by atoms with van der Waals surface area (Å²) >= 11 is 4.49. The fraction of sp³-hybridized carbons (Fsp3) is 0.440. The highest BCUT2D eigenvalue weighted by atomic mass is 32.1. The molecular formula is C25H31FN2O3S. The summed E-state index contributed by atoms with van der Waals surface area (Å²) in [6.07, 6.45) is 3.33. The van der Waals surface area contributed by atoms with Gasteiger partial charge in [-0.25, -0.2) is 4.39 Å². The van der Waals surface area contributed by atoms with Crippen molar-refractivity contribution in [3.05, 3.63) is 66.0 Å². The van der Waals surface area contributed by atoms with Crippen LogP contribution < -0.4 is 10.6 Å². The van der Waals surface area contributed by atoms with Crippen LogP contribution in [0, 0.1) is 11.2 Å². The Bertz CT molecular complexity index is 884. The zero-order valence-corrected chi connectivity index (χ0v) is 19.2. The number of amides is 2. The Balaban J connectivity index is 1.75. The molecule has 5 nitrogen and oxygen atoms in total. The third-order valence-corrected chi connectivity index (χ3v) is 6.70. The third kappa shape index (κ3) is 6.33. The Kier molecular flexibility index (Phi) is 8.70. The molecule has 1 aliphatic carbocycles. The van der Waals surface area contributed by atoms with Gasteiger partial charge in [0.15, 0.2) is 0 Å². The molecule has 1 saturated carbocycles. The number of rotatable bonds is 9. The second-order valence-corrected chi connectivity index (χ2v) is 8.62. The van der Waals surface area contributed by atoms with Crippen LogP contribution in [0.2, 0.25) is 0 Å². The second kappa shape index (κ2) is 11.5. The van der Waals surface area contributed by atoms with Gasteiger partial charge in [0.05, 0.1) is 11.5 Å². The molecule has 0 aliphatic heterocycles. The lowest BCUT2D eigenvalue weighted by molar-refractivity contribution is -0.136. The maximum atomic E-state index is 13.4. The van der Waals surface area contributed by atoms with Crippen molar-refractivity contribution in [2.45, 2.75) is 51.2 Å². The van der Waals surface area contributed by atoms with Crippen LogP contribution in [0.5, 0.6) is 0 Å². The lowest BCUT2D eigenvalue weighted by Gasteiger charge is -2.38. The molecule has 2 N–H and O–H groups in total. The van der Waals surface area contributed by atoms with E-state index in [2.05, 4.69) is 23.3 Å². The predicted octanol–water partition coefficient (Wildman–Crippen LogP) is 4.39. The Hall–Kier alpha value is -2.38. The highest BCUT2D eigenvalue weighted by Gasteiger charge is 2.42. The molecule has 1 aliphatic rings. The molecule has 0 spiro atoms. The molecule has 172 valence electrons. The van der Waals surface area contributed by atoms with Crippen LogP contribution in [-0.4, -0.2) is 36.3 Å². The van der Waals surface area contributed by atoms with Gasteiger partial charge in [0.25, 0.3) is 0 Å². The number of hydrogen-bond donors (Lipinski definition) is 3. The minimum absolute atomic E-state index is 0.164. The highest BCUT2D eigenvalue weighted by Crippen LogP contribution is 2.39. The lowest BCUT2D eigenvalue weighted by Crippen LogP contribution is -2.53. The standard InChI is InChI=1S/C25H31FN2O3S/c1-2-31-21-12-14-25(17-32,15-13-21)24(30)28-22(16-18-8-10-19(26)11-9-18)23(29)27-20-6-4-3-5-7-20/h3-11,21-22,32H,2,12-17H2,1H3,(H,27,29)(H,28,30)/t21?,22-,25?/m0/s1. The first-order valence-corrected chi connectivity index (χ1v) is 11.7. The Morgan fingerprint density at radius 3 is 2.38 bits per heavy atom. The van der Waals surface area contributed by atoms with Gasteiger partial charge in [-0.1, -0.05) is 30.3 Å². The molecule has 0 radical (unpaired) electrons. The van der Waals surface area contributed by atoms with Crippen molar-refractivity contribution in [1.82, 2.24) is 5.32 Å². The van der Waals surface area contributed by atoms with Gasteiger partial charge in [-0.2, -0.15) is 12.6 Å². The number of para-hydroxylation sites is 1. The largest absolute Gasteiger partial charge is 0.379 e. The highest BCUT2D eigenvalue weighted by molar-refractivity contribution is 7.80. The van der Waals surface area contributed by atoms with Crippen LogP contribution in [0.4, 0.5) is 10.1 Å². The van der Waals surface area contributed by atoms with Crippen molar-refractivity contribution in [3.8, 4) is 0 Å². The number of nitrogens with one attached hydrogen (secondary N) is 2. The second-order valence-electron chi connectivity index (χ2n) is 8.31. The Morgan fingerprint density at radius 2 is 1.78 bits per heavy atom. The van der Waals surface area contributed by atoms with Crippen LogP contribution in [0.15, 0.2) is 54.6 Å². The third-order valence-electron chi connectivity index (χ3n) is 6.09. The number of hydrogen-bond acceptors (Lipinski definition) is 4. The molecule has 2 aromatic carbocycles. The van der Waals surface area contributed by atoms with Crippen LogP contribution >= 0.6 is 12.6 Å². The first-order valence-electron chi connectivity index (χ1n) is 11.1. The number of ether oxygens (including phenoxy) is 1. The zero-order valence-electron chi connectivity index (χ0n) is 18.4. The maximum Gasteiger partial charge on any atom is 0.247 e. The molecule has 2 amide bonds. The van der Waals surface area contributed by atoms with Crippen molar-refractivity contribution >= 4 is 30.1 Å². The van der Waals surface area contributed by atoms with Crippen molar-refractivity contribution in [2.75, 3.05) is 17.7 Å². The van der Waals surface area contributed by atoms with Crippen molar-refractivity contribution in [1.29, 1.82) is 0 Å². The Labute approximate surface area is 194 Å². The van der Waals surface area contributed by atoms with E-state index in [0.29, 0.717) is 30.9 Å². The predicted molar refractivity (Wildman–Crippen MR) is 127 cm³/mol. The van der Waals surface area contributed by atoms with Crippen molar-refractivity contribution < 1.29 is 18.7 Å². The van der Waals surface area contributed by atoms with E-state index >= 15 is 0 Å². The monoisotopic (exact) mass is 458 g/mol. The van der Waals surface area contributed by atoms with Gasteiger partial charge in [0, 0.05) is 24.5 Å². The van der Waals surface area contributed by atoms with Crippen LogP contribution in [-0.2, 0) is 20.7 Å². The van der Waals surface area contributed by atoms with Gasteiger partial charge in [0.1, 0.15) is 11.9 Å². The number of benzene rings is 2. The summed E-state index contributed by atoms with van der Waals surface area (Å²) in [5.74, 6) is -0.423. The number of halogens is 1. The summed E-state index contributed by atoms with van der Waals surface area (Å²) in [4.78, 5) is 26.5. The van der Waals surface area contributed by atoms with Crippen LogP contribution in [0.1, 0.15) is 38.2 Å². The summed E-state index contributed by atoms with van der Waals surface area (Å²) in [5.41, 5.74) is 0.780. The molecule has 2 aromatic rings. The molecule has 0 bridgehead atoms. The number of thiol groups is 1. The number of carbonyl (C=O) groups excluding carboxylic acids is 2. The average molecular weight is 459 g/mol. The summed E-state index contributed by atoms with van der Waals surface area (Å²) in [6, 6.07) is 14.3. The number of anilines is 1. The van der Waals surface area contributed by atoms with Gasteiger partial charge >= 0.3 is 0 Å². The lowest BCUT2D eigenvalue weighted by atomic mass is 9.73. The topological polar surface area (TPSA) is 67.4 Å². The maximum absolute atomic E-state index is 13.4. The van der Waals surface area contributed by atoms with Crippen LogP contribution in [0.25, 0.3) is 0 Å². The van der Waals surface area contributed by atoms with E-state index in [0.717, 1.165) is 18.4 Å². The molecular weight excluding hydrogens is 427 g/mol. The van der Waals surface area contributed by atoms with Gasteiger partial charge < -0.3 is 15.4 Å². The van der Waals surface area contributed by atoms with E-state index in [-0.39, 0.29) is 30.2 Å². The smallest absolute Gasteiger partial charge is 0.247 e. The van der Waals surface area contributed by atoms with E-state index in [1.807, 2.05) is 25.1 Å². The fourth-order valence-electron chi connectivity index (χ4n) is 4.13. The van der Waals surface area contributed by atoms with E-state index in [4.69, 9.17) is 4.74 Å². The molecule has 0 aromatic heterocycles. The quantitative estimate of drug-likeness (QED) is 0.489. The number of carbonyl (C=O) groups is 2. The van der Waals surface area contributed by atoms with E-state index < -0.39 is 11.5 Å². The summed E-state index contributed by atoms with van der Waals surface area (Å²) in [5, 5.41) is 5.84. The molecule has 0 saturated heterocycles. The molecule has 0 heterocycles. The van der Waals surface area contributed by atoms with Gasteiger partial charge in [0.2, 0.25) is 11.8 Å². The van der Waals surface area contributed by atoms with Gasteiger partial charge in [-0.05, 0) is 62.4 Å². The minimum Gasteiger partial charge on any atom is -0.379 e. The molecule has 0 unspecified atom stereocenters. The van der Waals surface area contributed by atoms with Crippen LogP contribution in [0.3, 0.4) is 0 Å². The molecule has 32 heavy (non-hydrogen) atoms. The molecule has 1 fully saturated rings. The molecule has 7 heteroatoms. The fourth-order valence-corrected chi connectivity index (χ4v) is 4.59. The van der Waals surface area contributed by atoms with E-state index in [1.54, 1.807) is 24.3 Å². The van der Waals surface area contributed by atoms with E-state index in [9.17, 15) is 14.0 Å². The molecule has 3 rings (SSSR count). The first-order chi connectivity index (χ1) is 15.5.